The molecule has 1 aliphatic heterocycles. The molecule has 0 aliphatic carbocycles. The first-order chi connectivity index (χ1) is 12.3. The predicted molar refractivity (Wildman–Crippen MR) is 99.0 cm³/mol. The van der Waals surface area contributed by atoms with Crippen molar-refractivity contribution >= 4 is 27.3 Å². The number of fused-ring (bicyclic) bond motifs is 1. The third-order valence-corrected chi connectivity index (χ3v) is 4.67. The normalized spacial score (nSPS) is 16.5. The molecule has 2 aromatic rings. The van der Waals surface area contributed by atoms with Crippen LogP contribution < -0.4 is 14.8 Å². The third kappa shape index (κ3) is 3.72. The zero-order chi connectivity index (χ0) is 18.9. The minimum Gasteiger partial charge on any atom is -0.494 e. The van der Waals surface area contributed by atoms with Gasteiger partial charge in [-0.1, -0.05) is 6.08 Å². The van der Waals surface area contributed by atoms with Gasteiger partial charge in [0.25, 0.3) is 0 Å². The van der Waals surface area contributed by atoms with Crippen LogP contribution in [0.15, 0.2) is 37.2 Å². The van der Waals surface area contributed by atoms with E-state index >= 15 is 0 Å². The Bertz CT molecular complexity index is 965. The van der Waals surface area contributed by atoms with Gasteiger partial charge in [-0.2, -0.15) is 5.10 Å². The number of allylic oxidation sites excluding steroid dienone is 1. The van der Waals surface area contributed by atoms with E-state index in [4.69, 9.17) is 4.74 Å². The number of aromatic nitrogens is 2. The Balaban J connectivity index is 2.09. The zero-order valence-electron chi connectivity index (χ0n) is 14.5. The van der Waals surface area contributed by atoms with Crippen molar-refractivity contribution in [3.8, 4) is 5.75 Å². The number of benzene rings is 1. The maximum atomic E-state index is 12.1. The van der Waals surface area contributed by atoms with Crippen LogP contribution in [0.3, 0.4) is 0 Å². The molecule has 138 valence electrons. The fourth-order valence-corrected chi connectivity index (χ4v) is 3.59. The van der Waals surface area contributed by atoms with Crippen LogP contribution >= 0.6 is 0 Å². The van der Waals surface area contributed by atoms with Crippen LogP contribution in [0.4, 0.5) is 11.4 Å². The van der Waals surface area contributed by atoms with Crippen molar-refractivity contribution in [1.29, 1.82) is 0 Å². The number of methoxy groups -OCH3 is 1. The van der Waals surface area contributed by atoms with E-state index in [9.17, 15) is 13.2 Å². The lowest BCUT2D eigenvalue weighted by molar-refractivity contribution is -0.116. The molecule has 9 heteroatoms. The predicted octanol–water partition coefficient (Wildman–Crippen LogP) is 1.92. The van der Waals surface area contributed by atoms with Crippen LogP contribution in [0, 0.1) is 0 Å². The summed E-state index contributed by atoms with van der Waals surface area (Å²) in [6.45, 7) is 4.25. The van der Waals surface area contributed by atoms with Crippen LogP contribution in [-0.4, -0.2) is 37.5 Å². The molecule has 3 rings (SSSR count). The summed E-state index contributed by atoms with van der Waals surface area (Å²) in [6, 6.07) is 3.32. The van der Waals surface area contributed by atoms with Gasteiger partial charge in [-0.25, -0.2) is 8.42 Å². The second-order valence-electron chi connectivity index (χ2n) is 6.10. The lowest BCUT2D eigenvalue weighted by Crippen LogP contribution is -2.24. The molecule has 1 aromatic carbocycles. The average Bonchev–Trinajstić information content (AvgIpc) is 3.01. The quantitative estimate of drug-likeness (QED) is 0.750. The molecule has 1 aliphatic rings. The molecule has 1 aromatic heterocycles. The number of anilines is 2. The first-order valence-electron chi connectivity index (χ1n) is 7.93. The van der Waals surface area contributed by atoms with Crippen molar-refractivity contribution in [3.05, 3.63) is 48.3 Å². The smallest absolute Gasteiger partial charge is 0.229 e. The van der Waals surface area contributed by atoms with Crippen molar-refractivity contribution in [2.75, 3.05) is 23.4 Å². The van der Waals surface area contributed by atoms with E-state index in [1.807, 2.05) is 6.20 Å². The average molecular weight is 376 g/mol. The monoisotopic (exact) mass is 376 g/mol. The van der Waals surface area contributed by atoms with Gasteiger partial charge in [-0.15, -0.1) is 6.58 Å². The number of sulfonamides is 1. The van der Waals surface area contributed by atoms with E-state index < -0.39 is 10.0 Å². The largest absolute Gasteiger partial charge is 0.494 e. The minimum absolute atomic E-state index is 0.121. The molecule has 0 saturated heterocycles. The summed E-state index contributed by atoms with van der Waals surface area (Å²) < 4.78 is 32.8. The Kier molecular flexibility index (Phi) is 4.73. The Morgan fingerprint density at radius 3 is 2.92 bits per heavy atom. The SMILES string of the molecule is C=CCn1cc([C@@H]2CC(=O)Nc3cc(OC)c(NS(C)(=O)=O)cc32)cn1. The van der Waals surface area contributed by atoms with Gasteiger partial charge < -0.3 is 10.1 Å². The van der Waals surface area contributed by atoms with Crippen LogP contribution in [0.2, 0.25) is 0 Å². The lowest BCUT2D eigenvalue weighted by Gasteiger charge is -2.26. The summed E-state index contributed by atoms with van der Waals surface area (Å²) in [7, 11) is -2.04. The van der Waals surface area contributed by atoms with Crippen LogP contribution in [0.5, 0.6) is 5.75 Å². The maximum absolute atomic E-state index is 12.1. The summed E-state index contributed by atoms with van der Waals surface area (Å²) in [4.78, 5) is 12.1. The second-order valence-corrected chi connectivity index (χ2v) is 7.85. The van der Waals surface area contributed by atoms with Crippen molar-refractivity contribution in [1.82, 2.24) is 9.78 Å². The summed E-state index contributed by atoms with van der Waals surface area (Å²) in [6.07, 6.45) is 6.63. The maximum Gasteiger partial charge on any atom is 0.229 e. The van der Waals surface area contributed by atoms with Gasteiger partial charge in [0, 0.05) is 30.3 Å². The molecule has 0 radical (unpaired) electrons. The van der Waals surface area contributed by atoms with Gasteiger partial charge >= 0.3 is 0 Å². The number of rotatable bonds is 6. The highest BCUT2D eigenvalue weighted by molar-refractivity contribution is 7.92. The van der Waals surface area contributed by atoms with E-state index in [2.05, 4.69) is 21.7 Å². The van der Waals surface area contributed by atoms with Gasteiger partial charge in [0.05, 0.1) is 31.8 Å². The molecule has 1 amide bonds. The number of hydrogen-bond acceptors (Lipinski definition) is 5. The highest BCUT2D eigenvalue weighted by Gasteiger charge is 2.29. The molecule has 8 nitrogen and oxygen atoms in total. The summed E-state index contributed by atoms with van der Waals surface area (Å²) >= 11 is 0. The second kappa shape index (κ2) is 6.83. The number of carbonyl (C=O) groups is 1. The van der Waals surface area contributed by atoms with E-state index in [0.29, 0.717) is 23.7 Å². The first kappa shape index (κ1) is 18.0. The number of nitrogens with one attached hydrogen (secondary N) is 2. The van der Waals surface area contributed by atoms with E-state index in [1.54, 1.807) is 29.1 Å². The lowest BCUT2D eigenvalue weighted by atomic mass is 9.86. The molecular formula is C17H20N4O4S. The van der Waals surface area contributed by atoms with Crippen molar-refractivity contribution < 1.29 is 17.9 Å². The Morgan fingerprint density at radius 2 is 2.27 bits per heavy atom. The molecule has 0 fully saturated rings. The van der Waals surface area contributed by atoms with Gasteiger partial charge in [0.15, 0.2) is 0 Å². The first-order valence-corrected chi connectivity index (χ1v) is 9.82. The topological polar surface area (TPSA) is 102 Å². The van der Waals surface area contributed by atoms with E-state index in [-0.39, 0.29) is 18.2 Å². The molecular weight excluding hydrogens is 356 g/mol. The zero-order valence-corrected chi connectivity index (χ0v) is 15.3. The number of nitrogens with zero attached hydrogens (tertiary/aromatic N) is 2. The Labute approximate surface area is 151 Å². The highest BCUT2D eigenvalue weighted by atomic mass is 32.2. The third-order valence-electron chi connectivity index (χ3n) is 4.08. The van der Waals surface area contributed by atoms with Crippen molar-refractivity contribution in [3.63, 3.8) is 0 Å². The fraction of sp³-hybridized carbons (Fsp3) is 0.294. The molecule has 2 N–H and O–H groups in total. The Hall–Kier alpha value is -2.81. The molecule has 0 spiro atoms. The minimum atomic E-state index is -3.48. The number of hydrogen-bond donors (Lipinski definition) is 2. The van der Waals surface area contributed by atoms with Crippen LogP contribution in [0.25, 0.3) is 0 Å². The van der Waals surface area contributed by atoms with Crippen LogP contribution in [0.1, 0.15) is 23.5 Å². The van der Waals surface area contributed by atoms with Gasteiger partial charge in [-0.3, -0.25) is 14.2 Å². The summed E-state index contributed by atoms with van der Waals surface area (Å²) in [5.74, 6) is -0.0225. The summed E-state index contributed by atoms with van der Waals surface area (Å²) in [5, 5.41) is 7.09. The highest BCUT2D eigenvalue weighted by Crippen LogP contribution is 2.42. The van der Waals surface area contributed by atoms with Gasteiger partial charge in [-0.05, 0) is 17.2 Å². The van der Waals surface area contributed by atoms with Gasteiger partial charge in [0.2, 0.25) is 15.9 Å². The summed E-state index contributed by atoms with van der Waals surface area (Å²) in [5.41, 5.74) is 2.60. The molecule has 26 heavy (non-hydrogen) atoms. The van der Waals surface area contributed by atoms with Gasteiger partial charge in [0.1, 0.15) is 5.75 Å². The molecule has 0 bridgehead atoms. The van der Waals surface area contributed by atoms with E-state index in [0.717, 1.165) is 17.4 Å². The molecule has 2 heterocycles. The fourth-order valence-electron chi connectivity index (χ4n) is 3.03. The number of carbonyl (C=O) groups excluding carboxylic acids is 1. The standard InChI is InChI=1S/C17H20N4O4S/c1-4-5-21-10-11(9-18-21)12-7-17(22)19-14-8-16(25-2)15(6-13(12)14)20-26(3,23)24/h4,6,8-10,12,20H,1,5,7H2,2-3H3,(H,19,22)/t12-/m0/s1. The van der Waals surface area contributed by atoms with Crippen molar-refractivity contribution in [2.45, 2.75) is 18.9 Å². The molecule has 0 unspecified atom stereocenters. The van der Waals surface area contributed by atoms with E-state index in [1.165, 1.54) is 7.11 Å². The Morgan fingerprint density at radius 1 is 1.50 bits per heavy atom. The van der Waals surface area contributed by atoms with Crippen molar-refractivity contribution in [2.24, 2.45) is 0 Å². The molecule has 0 saturated carbocycles. The molecule has 1 atom stereocenters. The van der Waals surface area contributed by atoms with Crippen LogP contribution in [-0.2, 0) is 21.4 Å². The number of ether oxygens (including phenoxy) is 1. The number of amides is 1.